The lowest BCUT2D eigenvalue weighted by Crippen LogP contribution is -2.49. The molecule has 28 heavy (non-hydrogen) atoms. The lowest BCUT2D eigenvalue weighted by Gasteiger charge is -2.40. The highest BCUT2D eigenvalue weighted by atomic mass is 16.7. The fraction of sp³-hybridized carbons (Fsp3) is 0.857. The first-order chi connectivity index (χ1) is 13.5. The number of rotatable bonds is 7. The number of hydrogen-bond acceptors (Lipinski definition) is 6. The van der Waals surface area contributed by atoms with Gasteiger partial charge in [-0.2, -0.15) is 5.10 Å². The molecule has 3 saturated heterocycles. The van der Waals surface area contributed by atoms with Crippen LogP contribution < -0.4 is 0 Å². The van der Waals surface area contributed by atoms with Crippen LogP contribution in [-0.4, -0.2) is 89.5 Å². The van der Waals surface area contributed by atoms with Gasteiger partial charge in [0.05, 0.1) is 31.6 Å². The van der Waals surface area contributed by atoms with Crippen LogP contribution >= 0.6 is 0 Å². The van der Waals surface area contributed by atoms with Gasteiger partial charge in [0.1, 0.15) is 0 Å². The molecule has 4 rings (SSSR count). The predicted octanol–water partition coefficient (Wildman–Crippen LogP) is 2.05. The van der Waals surface area contributed by atoms with Crippen LogP contribution in [0.5, 0.6) is 0 Å². The summed E-state index contributed by atoms with van der Waals surface area (Å²) < 4.78 is 18.7. The molecule has 4 heterocycles. The Labute approximate surface area is 168 Å². The summed E-state index contributed by atoms with van der Waals surface area (Å²) in [7, 11) is 0. The fourth-order valence-corrected chi connectivity index (χ4v) is 4.68. The van der Waals surface area contributed by atoms with Crippen LogP contribution in [0, 0.1) is 0 Å². The minimum Gasteiger partial charge on any atom is -0.375 e. The number of H-pyrrole nitrogens is 1. The van der Waals surface area contributed by atoms with Gasteiger partial charge in [-0.05, 0) is 32.8 Å². The number of nitrogens with zero attached hydrogens (tertiary/aromatic N) is 3. The van der Waals surface area contributed by atoms with Gasteiger partial charge in [-0.15, -0.1) is 0 Å². The van der Waals surface area contributed by atoms with Gasteiger partial charge in [0.2, 0.25) is 0 Å². The van der Waals surface area contributed by atoms with Crippen molar-refractivity contribution in [3.05, 3.63) is 18.0 Å². The third-order valence-electron chi connectivity index (χ3n) is 6.59. The summed E-state index contributed by atoms with van der Waals surface area (Å²) in [4.78, 5) is 5.03. The van der Waals surface area contributed by atoms with Crippen molar-refractivity contribution < 1.29 is 14.2 Å². The maximum absolute atomic E-state index is 6.34. The normalized spacial score (nSPS) is 29.9. The second-order valence-corrected chi connectivity index (χ2v) is 8.99. The van der Waals surface area contributed by atoms with E-state index in [0.717, 1.165) is 58.5 Å². The average molecular weight is 393 g/mol. The summed E-state index contributed by atoms with van der Waals surface area (Å²) >= 11 is 0. The molecule has 0 aromatic carbocycles. The third kappa shape index (κ3) is 4.76. The highest BCUT2D eigenvalue weighted by molar-refractivity contribution is 5.05. The van der Waals surface area contributed by atoms with E-state index in [-0.39, 0.29) is 11.9 Å². The van der Waals surface area contributed by atoms with Crippen LogP contribution in [0.4, 0.5) is 0 Å². The third-order valence-corrected chi connectivity index (χ3v) is 6.59. The number of aromatic nitrogens is 2. The van der Waals surface area contributed by atoms with Crippen LogP contribution in [0.2, 0.25) is 0 Å². The molecule has 3 atom stereocenters. The van der Waals surface area contributed by atoms with E-state index in [2.05, 4.69) is 40.8 Å². The summed E-state index contributed by atoms with van der Waals surface area (Å²) in [5, 5.41) is 6.88. The van der Waals surface area contributed by atoms with Gasteiger partial charge in [0, 0.05) is 63.7 Å². The molecule has 7 heteroatoms. The van der Waals surface area contributed by atoms with Crippen LogP contribution in [0.1, 0.15) is 45.6 Å². The van der Waals surface area contributed by atoms with E-state index in [0.29, 0.717) is 24.8 Å². The monoisotopic (exact) mass is 392 g/mol. The number of ether oxygens (including phenoxy) is 3. The summed E-state index contributed by atoms with van der Waals surface area (Å²) in [6, 6.07) is 1.06. The summed E-state index contributed by atoms with van der Waals surface area (Å²) in [6.07, 6.45) is 8.22. The highest BCUT2D eigenvalue weighted by Gasteiger charge is 2.44. The molecule has 158 valence electrons. The Morgan fingerprint density at radius 1 is 1.25 bits per heavy atom. The van der Waals surface area contributed by atoms with Crippen molar-refractivity contribution in [2.75, 3.05) is 39.4 Å². The molecule has 1 N–H and O–H groups in total. The van der Waals surface area contributed by atoms with Gasteiger partial charge in [-0.25, -0.2) is 0 Å². The molecule has 3 fully saturated rings. The topological polar surface area (TPSA) is 62.8 Å². The van der Waals surface area contributed by atoms with Gasteiger partial charge < -0.3 is 14.2 Å². The number of piperidine rings is 1. The molecule has 3 aliphatic heterocycles. The molecular formula is C21H36N4O3. The first-order valence-corrected chi connectivity index (χ1v) is 10.9. The molecule has 0 radical (unpaired) electrons. The number of hydrogen-bond donors (Lipinski definition) is 1. The molecule has 7 nitrogen and oxygen atoms in total. The van der Waals surface area contributed by atoms with E-state index < -0.39 is 0 Å². The van der Waals surface area contributed by atoms with E-state index in [4.69, 9.17) is 14.2 Å². The van der Waals surface area contributed by atoms with Crippen molar-refractivity contribution in [1.29, 1.82) is 0 Å². The van der Waals surface area contributed by atoms with E-state index in [9.17, 15) is 0 Å². The van der Waals surface area contributed by atoms with E-state index in [1.807, 2.05) is 12.4 Å². The predicted molar refractivity (Wildman–Crippen MR) is 107 cm³/mol. The Hall–Kier alpha value is -0.990. The van der Waals surface area contributed by atoms with Gasteiger partial charge in [0.25, 0.3) is 0 Å². The summed E-state index contributed by atoms with van der Waals surface area (Å²) in [5.41, 5.74) is 1.18. The molecule has 3 unspecified atom stereocenters. The van der Waals surface area contributed by atoms with Crippen molar-refractivity contribution in [1.82, 2.24) is 20.0 Å². The van der Waals surface area contributed by atoms with E-state index in [1.54, 1.807) is 0 Å². The molecular weight excluding hydrogens is 356 g/mol. The average Bonchev–Trinajstić information content (AvgIpc) is 3.43. The molecule has 0 saturated carbocycles. The molecule has 0 aliphatic carbocycles. The van der Waals surface area contributed by atoms with E-state index in [1.165, 1.54) is 5.56 Å². The molecule has 3 aliphatic rings. The van der Waals surface area contributed by atoms with Crippen molar-refractivity contribution in [3.63, 3.8) is 0 Å². The molecule has 0 bridgehead atoms. The quantitative estimate of drug-likeness (QED) is 0.766. The largest absolute Gasteiger partial charge is 0.375 e. The van der Waals surface area contributed by atoms with Gasteiger partial charge in [-0.3, -0.25) is 14.9 Å². The smallest absolute Gasteiger partial charge is 0.171 e. The van der Waals surface area contributed by atoms with Gasteiger partial charge >= 0.3 is 0 Å². The van der Waals surface area contributed by atoms with Crippen LogP contribution in [-0.2, 0) is 20.6 Å². The second kappa shape index (κ2) is 8.79. The first-order valence-electron chi connectivity index (χ1n) is 10.9. The van der Waals surface area contributed by atoms with E-state index >= 15 is 0 Å². The van der Waals surface area contributed by atoms with Crippen molar-refractivity contribution in [2.45, 2.75) is 76.5 Å². The van der Waals surface area contributed by atoms with Crippen LogP contribution in [0.15, 0.2) is 12.4 Å². The zero-order valence-corrected chi connectivity index (χ0v) is 17.6. The standard InChI is InChI=1S/C21H36N4O3/c1-16(2)25-7-4-19(13-25)26-14-17(3)24-8-5-21(6-9-24)27-15-20(28-21)10-18-11-22-23-12-18/h11-12,16-17,19-20H,4-10,13-15H2,1-3H3,(H,22,23). The summed E-state index contributed by atoms with van der Waals surface area (Å²) in [5.74, 6) is -0.380. The molecule has 1 spiro atoms. The molecule has 1 aromatic rings. The van der Waals surface area contributed by atoms with Gasteiger partial charge in [-0.1, -0.05) is 0 Å². The Balaban J connectivity index is 1.18. The highest BCUT2D eigenvalue weighted by Crippen LogP contribution is 2.35. The Kier molecular flexibility index (Phi) is 6.37. The van der Waals surface area contributed by atoms with Crippen molar-refractivity contribution in [3.8, 4) is 0 Å². The number of nitrogens with one attached hydrogen (secondary N) is 1. The van der Waals surface area contributed by atoms with Crippen LogP contribution in [0.3, 0.4) is 0 Å². The van der Waals surface area contributed by atoms with Crippen LogP contribution in [0.25, 0.3) is 0 Å². The maximum atomic E-state index is 6.34. The minimum absolute atomic E-state index is 0.135. The SMILES string of the molecule is CC(C)N1CCC(OCC(C)N2CCC3(CC2)OCC(Cc2cn[nH]c2)O3)C1. The number of aromatic amines is 1. The van der Waals surface area contributed by atoms with Crippen molar-refractivity contribution >= 4 is 0 Å². The zero-order chi connectivity index (χ0) is 19.6. The zero-order valence-electron chi connectivity index (χ0n) is 17.6. The Morgan fingerprint density at radius 2 is 2.07 bits per heavy atom. The van der Waals surface area contributed by atoms with Crippen molar-refractivity contribution in [2.24, 2.45) is 0 Å². The maximum Gasteiger partial charge on any atom is 0.171 e. The lowest BCUT2D eigenvalue weighted by molar-refractivity contribution is -0.198. The first kappa shape index (κ1) is 20.3. The second-order valence-electron chi connectivity index (χ2n) is 8.99. The molecule has 0 amide bonds. The van der Waals surface area contributed by atoms with Gasteiger partial charge in [0.15, 0.2) is 5.79 Å². The summed E-state index contributed by atoms with van der Waals surface area (Å²) in [6.45, 7) is 12.6. The Bertz CT molecular complexity index is 601. The number of likely N-dealkylation sites (tertiary alicyclic amines) is 2. The fourth-order valence-electron chi connectivity index (χ4n) is 4.68. The molecule has 1 aromatic heterocycles. The Morgan fingerprint density at radius 3 is 2.75 bits per heavy atom. The minimum atomic E-state index is -0.380. The lowest BCUT2D eigenvalue weighted by atomic mass is 10.0.